The summed E-state index contributed by atoms with van der Waals surface area (Å²) in [5.74, 6) is -0.158. The summed E-state index contributed by atoms with van der Waals surface area (Å²) in [5, 5.41) is 7.90. The van der Waals surface area contributed by atoms with E-state index in [1.807, 2.05) is 23.1 Å². The van der Waals surface area contributed by atoms with E-state index in [0.717, 1.165) is 31.5 Å². The van der Waals surface area contributed by atoms with Crippen LogP contribution >= 0.6 is 0 Å². The van der Waals surface area contributed by atoms with E-state index < -0.39 is 10.0 Å². The smallest absolute Gasteiger partial charge is 0.253 e. The van der Waals surface area contributed by atoms with Crippen molar-refractivity contribution in [3.63, 3.8) is 0 Å². The van der Waals surface area contributed by atoms with Crippen molar-refractivity contribution in [1.29, 1.82) is 0 Å². The Bertz CT molecular complexity index is 981. The zero-order chi connectivity index (χ0) is 20.9. The second-order valence-corrected chi connectivity index (χ2v) is 8.76. The zero-order valence-corrected chi connectivity index (χ0v) is 17.0. The molecule has 3 rings (SSSR count). The van der Waals surface area contributed by atoms with Gasteiger partial charge < -0.3 is 10.2 Å². The number of nitrogens with zero attached hydrogens (tertiary/aromatic N) is 1. The van der Waals surface area contributed by atoms with Crippen LogP contribution in [0, 0.1) is 0 Å². The van der Waals surface area contributed by atoms with Crippen molar-refractivity contribution in [3.05, 3.63) is 65.2 Å². The molecular formula is C21H25N3O4S. The molecule has 29 heavy (non-hydrogen) atoms. The third-order valence-corrected chi connectivity index (χ3v) is 5.85. The monoisotopic (exact) mass is 415 g/mol. The molecule has 3 N–H and O–H groups in total. The van der Waals surface area contributed by atoms with Gasteiger partial charge in [-0.05, 0) is 54.7 Å². The fraction of sp³-hybridized carbons (Fsp3) is 0.333. The van der Waals surface area contributed by atoms with Crippen LogP contribution < -0.4 is 10.5 Å². The van der Waals surface area contributed by atoms with Crippen molar-refractivity contribution in [2.24, 2.45) is 5.14 Å². The topological polar surface area (TPSA) is 110 Å². The van der Waals surface area contributed by atoms with Crippen LogP contribution in [0.25, 0.3) is 0 Å². The van der Waals surface area contributed by atoms with Crippen LogP contribution in [-0.4, -0.2) is 38.2 Å². The molecule has 2 aromatic rings. The summed E-state index contributed by atoms with van der Waals surface area (Å²) in [6.07, 6.45) is 3.37. The summed E-state index contributed by atoms with van der Waals surface area (Å²) >= 11 is 0. The van der Waals surface area contributed by atoms with E-state index in [9.17, 15) is 18.0 Å². The summed E-state index contributed by atoms with van der Waals surface area (Å²) in [4.78, 5) is 26.7. The number of piperidine rings is 1. The fourth-order valence-electron chi connectivity index (χ4n) is 3.34. The van der Waals surface area contributed by atoms with E-state index >= 15 is 0 Å². The lowest BCUT2D eigenvalue weighted by Gasteiger charge is -2.26. The van der Waals surface area contributed by atoms with Gasteiger partial charge in [0.1, 0.15) is 0 Å². The summed E-state index contributed by atoms with van der Waals surface area (Å²) in [6.45, 7) is 1.91. The molecule has 8 heteroatoms. The maximum Gasteiger partial charge on any atom is 0.253 e. The highest BCUT2D eigenvalue weighted by molar-refractivity contribution is 7.89. The quantitative estimate of drug-likeness (QED) is 0.750. The Morgan fingerprint density at radius 2 is 1.66 bits per heavy atom. The summed E-state index contributed by atoms with van der Waals surface area (Å²) < 4.78 is 22.5. The number of sulfonamides is 1. The molecule has 0 atom stereocenters. The van der Waals surface area contributed by atoms with Crippen molar-refractivity contribution in [2.45, 2.75) is 37.1 Å². The van der Waals surface area contributed by atoms with Gasteiger partial charge in [0.05, 0.1) is 11.3 Å². The molecule has 7 nitrogen and oxygen atoms in total. The SMILES string of the molecule is NS(=O)(=O)c1ccc(CC(=O)NCc2cccc(C(=O)N3CCCCC3)c2)cc1. The molecule has 2 aromatic carbocycles. The maximum atomic E-state index is 12.6. The number of nitrogens with one attached hydrogen (secondary N) is 1. The van der Waals surface area contributed by atoms with Gasteiger partial charge in [-0.1, -0.05) is 24.3 Å². The molecule has 1 heterocycles. The normalized spacial score (nSPS) is 14.4. The lowest BCUT2D eigenvalue weighted by Crippen LogP contribution is -2.35. The van der Waals surface area contributed by atoms with Crippen molar-refractivity contribution in [3.8, 4) is 0 Å². The van der Waals surface area contributed by atoms with Gasteiger partial charge in [0.2, 0.25) is 15.9 Å². The number of hydrogen-bond acceptors (Lipinski definition) is 4. The number of primary sulfonamides is 1. The predicted octanol–water partition coefficient (Wildman–Crippen LogP) is 1.82. The van der Waals surface area contributed by atoms with Crippen molar-refractivity contribution >= 4 is 21.8 Å². The number of carbonyl (C=O) groups excluding carboxylic acids is 2. The molecule has 0 aliphatic carbocycles. The molecule has 1 fully saturated rings. The van der Waals surface area contributed by atoms with Gasteiger partial charge >= 0.3 is 0 Å². The van der Waals surface area contributed by atoms with E-state index in [4.69, 9.17) is 5.14 Å². The number of amides is 2. The first-order chi connectivity index (χ1) is 13.8. The first-order valence-electron chi connectivity index (χ1n) is 9.59. The van der Waals surface area contributed by atoms with Crippen LogP contribution in [0.1, 0.15) is 40.7 Å². The first kappa shape index (κ1) is 21.0. The molecule has 1 saturated heterocycles. The number of rotatable bonds is 6. The molecule has 0 spiro atoms. The minimum atomic E-state index is -3.75. The van der Waals surface area contributed by atoms with Crippen molar-refractivity contribution in [1.82, 2.24) is 10.2 Å². The van der Waals surface area contributed by atoms with Gasteiger partial charge in [-0.3, -0.25) is 9.59 Å². The Morgan fingerprint density at radius 3 is 2.31 bits per heavy atom. The van der Waals surface area contributed by atoms with E-state index in [1.54, 1.807) is 18.2 Å². The van der Waals surface area contributed by atoms with Gasteiger partial charge in [-0.2, -0.15) is 0 Å². The number of likely N-dealkylation sites (tertiary alicyclic amines) is 1. The van der Waals surface area contributed by atoms with Gasteiger partial charge in [-0.25, -0.2) is 13.6 Å². The third-order valence-electron chi connectivity index (χ3n) is 4.92. The Labute approximate surface area is 171 Å². The highest BCUT2D eigenvalue weighted by Gasteiger charge is 2.18. The minimum absolute atomic E-state index is 0.0110. The van der Waals surface area contributed by atoms with E-state index in [0.29, 0.717) is 17.7 Å². The molecular weight excluding hydrogens is 390 g/mol. The van der Waals surface area contributed by atoms with Crippen molar-refractivity contribution in [2.75, 3.05) is 13.1 Å². The first-order valence-corrected chi connectivity index (χ1v) is 11.1. The summed E-state index contributed by atoms with van der Waals surface area (Å²) in [7, 11) is -3.75. The average molecular weight is 416 g/mol. The molecule has 154 valence electrons. The number of nitrogens with two attached hydrogens (primary N) is 1. The van der Waals surface area contributed by atoms with Crippen LogP contribution in [0.2, 0.25) is 0 Å². The van der Waals surface area contributed by atoms with E-state index in [-0.39, 0.29) is 23.1 Å². The molecule has 1 aliphatic rings. The average Bonchev–Trinajstić information content (AvgIpc) is 2.72. The Morgan fingerprint density at radius 1 is 0.966 bits per heavy atom. The minimum Gasteiger partial charge on any atom is -0.352 e. The van der Waals surface area contributed by atoms with Crippen LogP contribution in [0.5, 0.6) is 0 Å². The van der Waals surface area contributed by atoms with Gasteiger partial charge in [0, 0.05) is 25.2 Å². The summed E-state index contributed by atoms with van der Waals surface area (Å²) in [5.41, 5.74) is 2.17. The highest BCUT2D eigenvalue weighted by Crippen LogP contribution is 2.14. The molecule has 0 saturated carbocycles. The molecule has 1 aliphatic heterocycles. The molecule has 0 unspecified atom stereocenters. The van der Waals surface area contributed by atoms with Crippen molar-refractivity contribution < 1.29 is 18.0 Å². The van der Waals surface area contributed by atoms with Gasteiger partial charge in [-0.15, -0.1) is 0 Å². The Hall–Kier alpha value is -2.71. The van der Waals surface area contributed by atoms with Gasteiger partial charge in [0.25, 0.3) is 5.91 Å². The van der Waals surface area contributed by atoms with Crippen LogP contribution in [0.4, 0.5) is 0 Å². The Kier molecular flexibility index (Phi) is 6.66. The van der Waals surface area contributed by atoms with Crippen LogP contribution in [-0.2, 0) is 27.8 Å². The lowest BCUT2D eigenvalue weighted by atomic mass is 10.1. The molecule has 0 radical (unpaired) electrons. The molecule has 0 bridgehead atoms. The Balaban J connectivity index is 1.55. The number of hydrogen-bond donors (Lipinski definition) is 2. The highest BCUT2D eigenvalue weighted by atomic mass is 32.2. The number of carbonyl (C=O) groups is 2. The zero-order valence-electron chi connectivity index (χ0n) is 16.1. The lowest BCUT2D eigenvalue weighted by molar-refractivity contribution is -0.120. The molecule has 2 amide bonds. The second kappa shape index (κ2) is 9.19. The van der Waals surface area contributed by atoms with Crippen LogP contribution in [0.3, 0.4) is 0 Å². The third kappa shape index (κ3) is 5.88. The summed E-state index contributed by atoms with van der Waals surface area (Å²) in [6, 6.07) is 13.2. The number of benzene rings is 2. The van der Waals surface area contributed by atoms with E-state index in [1.165, 1.54) is 18.6 Å². The van der Waals surface area contributed by atoms with Gasteiger partial charge in [0.15, 0.2) is 0 Å². The molecule has 0 aromatic heterocycles. The second-order valence-electron chi connectivity index (χ2n) is 7.20. The maximum absolute atomic E-state index is 12.6. The largest absolute Gasteiger partial charge is 0.352 e. The standard InChI is InChI=1S/C21H25N3O4S/c22-29(27,28)19-9-7-16(8-10-19)14-20(25)23-15-17-5-4-6-18(13-17)21(26)24-11-2-1-3-12-24/h4-10,13H,1-3,11-12,14-15H2,(H,23,25)(H2,22,27,28). The van der Waals surface area contributed by atoms with E-state index in [2.05, 4.69) is 5.32 Å². The fourth-order valence-corrected chi connectivity index (χ4v) is 3.85. The van der Waals surface area contributed by atoms with Crippen LogP contribution in [0.15, 0.2) is 53.4 Å². The predicted molar refractivity (Wildman–Crippen MR) is 110 cm³/mol.